The fraction of sp³-hybridized carbons (Fsp3) is 0.385. The van der Waals surface area contributed by atoms with Gasteiger partial charge in [0.05, 0.1) is 24.6 Å². The molecule has 0 radical (unpaired) electrons. The quantitative estimate of drug-likeness (QED) is 0.879. The number of nitrogens with zero attached hydrogens (tertiary/aromatic N) is 1. The molecule has 1 aromatic carbocycles. The maximum Gasteiger partial charge on any atom is 0.304 e. The molecule has 1 aliphatic heterocycles. The van der Waals surface area contributed by atoms with Crippen LogP contribution in [0.15, 0.2) is 18.2 Å². The van der Waals surface area contributed by atoms with Gasteiger partial charge in [-0.05, 0) is 18.6 Å². The summed E-state index contributed by atoms with van der Waals surface area (Å²) >= 11 is 0. The number of rotatable bonds is 3. The van der Waals surface area contributed by atoms with Crippen LogP contribution in [0.5, 0.6) is 5.75 Å². The maximum absolute atomic E-state index is 12.2. The number of benzene rings is 1. The van der Waals surface area contributed by atoms with E-state index in [4.69, 9.17) is 9.84 Å². The lowest BCUT2D eigenvalue weighted by Gasteiger charge is -2.20. The number of carboxylic acid groups (broad SMARTS) is 1. The molecule has 2 rings (SSSR count). The third-order valence-electron chi connectivity index (χ3n) is 3.44. The summed E-state index contributed by atoms with van der Waals surface area (Å²) in [5.74, 6) is -0.538. The predicted molar refractivity (Wildman–Crippen MR) is 66.0 cm³/mol. The van der Waals surface area contributed by atoms with Crippen LogP contribution in [0.4, 0.5) is 5.69 Å². The van der Waals surface area contributed by atoms with E-state index < -0.39 is 11.4 Å². The number of aliphatic carboxylic acids is 1. The third kappa shape index (κ3) is 1.63. The molecule has 5 nitrogen and oxygen atoms in total. The second-order valence-electron chi connectivity index (χ2n) is 4.65. The van der Waals surface area contributed by atoms with Gasteiger partial charge < -0.3 is 14.7 Å². The van der Waals surface area contributed by atoms with Crippen molar-refractivity contribution in [3.63, 3.8) is 0 Å². The van der Waals surface area contributed by atoms with E-state index in [-0.39, 0.29) is 12.3 Å². The van der Waals surface area contributed by atoms with Crippen LogP contribution in [0, 0.1) is 0 Å². The topological polar surface area (TPSA) is 66.8 Å². The van der Waals surface area contributed by atoms with Crippen molar-refractivity contribution in [3.8, 4) is 5.75 Å². The molecule has 0 bridgehead atoms. The van der Waals surface area contributed by atoms with Gasteiger partial charge in [-0.15, -0.1) is 0 Å². The molecule has 1 atom stereocenters. The predicted octanol–water partition coefficient (Wildman–Crippen LogP) is 1.40. The van der Waals surface area contributed by atoms with Crippen LogP contribution in [0.2, 0.25) is 0 Å². The van der Waals surface area contributed by atoms with Crippen molar-refractivity contribution < 1.29 is 19.4 Å². The molecule has 1 amide bonds. The molecule has 1 aromatic rings. The largest absolute Gasteiger partial charge is 0.497 e. The van der Waals surface area contributed by atoms with Crippen LogP contribution in [-0.2, 0) is 15.0 Å². The highest BCUT2D eigenvalue weighted by Gasteiger charge is 2.47. The molecule has 0 saturated carbocycles. The van der Waals surface area contributed by atoms with Crippen LogP contribution in [0.25, 0.3) is 0 Å². The number of carbonyl (C=O) groups is 2. The van der Waals surface area contributed by atoms with Crippen LogP contribution < -0.4 is 9.64 Å². The highest BCUT2D eigenvalue weighted by atomic mass is 16.5. The van der Waals surface area contributed by atoms with Gasteiger partial charge in [0.1, 0.15) is 5.75 Å². The first-order valence-corrected chi connectivity index (χ1v) is 5.58. The number of hydrogen-bond acceptors (Lipinski definition) is 3. The molecule has 0 saturated heterocycles. The first kappa shape index (κ1) is 12.4. The number of amides is 1. The van der Waals surface area contributed by atoms with E-state index in [2.05, 4.69) is 0 Å². The number of fused-ring (bicyclic) bond motifs is 1. The van der Waals surface area contributed by atoms with E-state index in [0.717, 1.165) is 5.56 Å². The molecule has 1 heterocycles. The molecule has 5 heteroatoms. The Hall–Kier alpha value is -2.04. The lowest BCUT2D eigenvalue weighted by molar-refractivity contribution is -0.140. The first-order chi connectivity index (χ1) is 8.40. The van der Waals surface area contributed by atoms with Gasteiger partial charge in [0.25, 0.3) is 0 Å². The molecule has 1 aliphatic rings. The Balaban J connectivity index is 2.55. The van der Waals surface area contributed by atoms with E-state index in [1.54, 1.807) is 39.3 Å². The summed E-state index contributed by atoms with van der Waals surface area (Å²) in [6.07, 6.45) is -0.213. The summed E-state index contributed by atoms with van der Waals surface area (Å²) in [5, 5.41) is 8.97. The van der Waals surface area contributed by atoms with Gasteiger partial charge in [-0.25, -0.2) is 0 Å². The van der Waals surface area contributed by atoms with Crippen molar-refractivity contribution in [2.24, 2.45) is 0 Å². The summed E-state index contributed by atoms with van der Waals surface area (Å²) in [5.41, 5.74) is 0.448. The number of methoxy groups -OCH3 is 1. The van der Waals surface area contributed by atoms with Gasteiger partial charge in [-0.1, -0.05) is 6.07 Å². The van der Waals surface area contributed by atoms with Crippen molar-refractivity contribution in [2.75, 3.05) is 19.1 Å². The van der Waals surface area contributed by atoms with Crippen molar-refractivity contribution >= 4 is 17.6 Å². The van der Waals surface area contributed by atoms with Gasteiger partial charge in [0, 0.05) is 13.1 Å². The maximum atomic E-state index is 12.2. The summed E-state index contributed by atoms with van der Waals surface area (Å²) in [6, 6.07) is 5.25. The van der Waals surface area contributed by atoms with Gasteiger partial charge in [0.15, 0.2) is 0 Å². The standard InChI is InChI=1S/C13H15NO4/c1-13(7-11(15)16)9-5-4-8(18-3)6-10(9)14(2)12(13)17/h4-6H,7H2,1-3H3,(H,15,16). The fourth-order valence-corrected chi connectivity index (χ4v) is 2.45. The van der Waals surface area contributed by atoms with E-state index >= 15 is 0 Å². The summed E-state index contributed by atoms with van der Waals surface area (Å²) < 4.78 is 5.12. The summed E-state index contributed by atoms with van der Waals surface area (Å²) in [6.45, 7) is 1.66. The molecular weight excluding hydrogens is 234 g/mol. The van der Waals surface area contributed by atoms with Gasteiger partial charge >= 0.3 is 5.97 Å². The van der Waals surface area contributed by atoms with Crippen molar-refractivity contribution in [3.05, 3.63) is 23.8 Å². The molecule has 18 heavy (non-hydrogen) atoms. The fourth-order valence-electron chi connectivity index (χ4n) is 2.45. The molecule has 0 aromatic heterocycles. The van der Waals surface area contributed by atoms with E-state index in [1.807, 2.05) is 0 Å². The van der Waals surface area contributed by atoms with Crippen molar-refractivity contribution in [2.45, 2.75) is 18.8 Å². The molecule has 0 aliphatic carbocycles. The zero-order valence-electron chi connectivity index (χ0n) is 10.6. The van der Waals surface area contributed by atoms with Crippen molar-refractivity contribution in [1.29, 1.82) is 0 Å². The van der Waals surface area contributed by atoms with Crippen molar-refractivity contribution in [1.82, 2.24) is 0 Å². The Bertz CT molecular complexity index is 526. The van der Waals surface area contributed by atoms with E-state index in [9.17, 15) is 9.59 Å². The van der Waals surface area contributed by atoms with Gasteiger partial charge in [-0.3, -0.25) is 9.59 Å². The van der Waals surface area contributed by atoms with Crippen LogP contribution in [0.1, 0.15) is 18.9 Å². The molecule has 0 spiro atoms. The zero-order valence-corrected chi connectivity index (χ0v) is 10.6. The Morgan fingerprint density at radius 2 is 2.17 bits per heavy atom. The molecule has 1 N–H and O–H groups in total. The highest BCUT2D eigenvalue weighted by Crippen LogP contribution is 2.44. The minimum Gasteiger partial charge on any atom is -0.497 e. The smallest absolute Gasteiger partial charge is 0.304 e. The Morgan fingerprint density at radius 1 is 1.50 bits per heavy atom. The molecule has 96 valence electrons. The monoisotopic (exact) mass is 249 g/mol. The Morgan fingerprint density at radius 3 is 2.72 bits per heavy atom. The minimum absolute atomic E-state index is 0.201. The molecule has 0 fully saturated rings. The number of carboxylic acids is 1. The summed E-state index contributed by atoms with van der Waals surface area (Å²) in [7, 11) is 3.20. The third-order valence-corrected chi connectivity index (χ3v) is 3.44. The Labute approximate surface area is 105 Å². The van der Waals surface area contributed by atoms with Crippen LogP contribution in [0.3, 0.4) is 0 Å². The van der Waals surface area contributed by atoms with E-state index in [1.165, 1.54) is 4.90 Å². The number of ether oxygens (including phenoxy) is 1. The van der Waals surface area contributed by atoms with Gasteiger partial charge in [0.2, 0.25) is 5.91 Å². The number of hydrogen-bond donors (Lipinski definition) is 1. The first-order valence-electron chi connectivity index (χ1n) is 5.58. The summed E-state index contributed by atoms with van der Waals surface area (Å²) in [4.78, 5) is 24.7. The zero-order chi connectivity index (χ0) is 13.5. The lowest BCUT2D eigenvalue weighted by atomic mass is 9.81. The second-order valence-corrected chi connectivity index (χ2v) is 4.65. The van der Waals surface area contributed by atoms with Crippen LogP contribution >= 0.6 is 0 Å². The highest BCUT2D eigenvalue weighted by molar-refractivity contribution is 6.09. The normalized spacial score (nSPS) is 21.9. The molecular formula is C13H15NO4. The average Bonchev–Trinajstić information content (AvgIpc) is 2.51. The number of likely N-dealkylation sites (N-methyl/N-ethyl adjacent to an activating group) is 1. The number of carbonyl (C=O) groups excluding carboxylic acids is 1. The second kappa shape index (κ2) is 4.01. The Kier molecular flexibility index (Phi) is 2.77. The molecule has 1 unspecified atom stereocenters. The minimum atomic E-state index is -0.998. The van der Waals surface area contributed by atoms with Crippen LogP contribution in [-0.4, -0.2) is 31.1 Å². The SMILES string of the molecule is COc1ccc2c(c1)N(C)C(=O)C2(C)CC(=O)O. The average molecular weight is 249 g/mol. The van der Waals surface area contributed by atoms with Gasteiger partial charge in [-0.2, -0.15) is 0 Å². The number of anilines is 1. The van der Waals surface area contributed by atoms with E-state index in [0.29, 0.717) is 11.4 Å². The lowest BCUT2D eigenvalue weighted by Crippen LogP contribution is -2.37.